The fourth-order valence-corrected chi connectivity index (χ4v) is 2.53. The van der Waals surface area contributed by atoms with Crippen molar-refractivity contribution in [2.75, 3.05) is 18.0 Å². The molecule has 0 aromatic carbocycles. The van der Waals surface area contributed by atoms with Crippen LogP contribution in [0, 0.1) is 5.82 Å². The Balaban J connectivity index is 1.58. The van der Waals surface area contributed by atoms with Crippen LogP contribution in [-0.2, 0) is 11.3 Å². The number of aromatic nitrogens is 2. The smallest absolute Gasteiger partial charge is 0.167 e. The van der Waals surface area contributed by atoms with Crippen LogP contribution in [0.1, 0.15) is 12.0 Å². The largest absolute Gasteiger partial charge is 0.372 e. The van der Waals surface area contributed by atoms with Crippen LogP contribution in [0.3, 0.4) is 0 Å². The molecule has 110 valence electrons. The lowest BCUT2D eigenvalue weighted by molar-refractivity contribution is 0.0553. The number of ether oxygens (including phenoxy) is 1. The van der Waals surface area contributed by atoms with Crippen molar-refractivity contribution in [2.45, 2.75) is 19.1 Å². The molecule has 0 bridgehead atoms. The molecular weight excluding hydrogens is 293 g/mol. The highest BCUT2D eigenvalue weighted by Crippen LogP contribution is 2.24. The maximum absolute atomic E-state index is 13.8. The predicted octanol–water partition coefficient (Wildman–Crippen LogP) is 3.06. The van der Waals surface area contributed by atoms with Crippen LogP contribution in [-0.4, -0.2) is 29.2 Å². The van der Waals surface area contributed by atoms with Crippen molar-refractivity contribution in [1.29, 1.82) is 0 Å². The van der Waals surface area contributed by atoms with Gasteiger partial charge in [-0.25, -0.2) is 9.37 Å². The summed E-state index contributed by atoms with van der Waals surface area (Å²) in [5.74, 6) is -0.0494. The van der Waals surface area contributed by atoms with Crippen LogP contribution >= 0.6 is 11.6 Å². The third kappa shape index (κ3) is 3.49. The van der Waals surface area contributed by atoms with E-state index in [4.69, 9.17) is 16.3 Å². The molecule has 21 heavy (non-hydrogen) atoms. The van der Waals surface area contributed by atoms with Crippen molar-refractivity contribution in [3.63, 3.8) is 0 Å². The number of rotatable bonds is 4. The first-order valence-corrected chi connectivity index (χ1v) is 7.16. The zero-order valence-electron chi connectivity index (χ0n) is 11.4. The Bertz CT molecular complexity index is 611. The van der Waals surface area contributed by atoms with Crippen molar-refractivity contribution in [1.82, 2.24) is 9.97 Å². The van der Waals surface area contributed by atoms with Gasteiger partial charge in [0.15, 0.2) is 11.6 Å². The molecule has 6 heteroatoms. The van der Waals surface area contributed by atoms with Crippen molar-refractivity contribution >= 4 is 17.4 Å². The first-order chi connectivity index (χ1) is 10.2. The van der Waals surface area contributed by atoms with Gasteiger partial charge in [-0.1, -0.05) is 11.6 Å². The van der Waals surface area contributed by atoms with E-state index in [1.807, 2.05) is 17.0 Å². The highest BCUT2D eigenvalue weighted by atomic mass is 35.5. The van der Waals surface area contributed by atoms with Crippen LogP contribution in [0.4, 0.5) is 10.2 Å². The molecule has 0 aliphatic carbocycles. The summed E-state index contributed by atoms with van der Waals surface area (Å²) in [5, 5.41) is 0.306. The average Bonchev–Trinajstić information content (AvgIpc) is 2.95. The second kappa shape index (κ2) is 6.37. The summed E-state index contributed by atoms with van der Waals surface area (Å²) in [6.45, 7) is 1.90. The van der Waals surface area contributed by atoms with Gasteiger partial charge in [0, 0.05) is 31.7 Å². The molecule has 0 amide bonds. The van der Waals surface area contributed by atoms with Crippen LogP contribution in [0.2, 0.25) is 5.02 Å². The van der Waals surface area contributed by atoms with E-state index in [1.165, 1.54) is 12.3 Å². The topological polar surface area (TPSA) is 38.2 Å². The Labute approximate surface area is 127 Å². The van der Waals surface area contributed by atoms with E-state index in [9.17, 15) is 4.39 Å². The third-order valence-corrected chi connectivity index (χ3v) is 3.67. The zero-order valence-corrected chi connectivity index (χ0v) is 12.1. The van der Waals surface area contributed by atoms with E-state index in [1.54, 1.807) is 12.4 Å². The number of hydrogen-bond donors (Lipinski definition) is 0. The maximum atomic E-state index is 13.8. The van der Waals surface area contributed by atoms with E-state index < -0.39 is 5.82 Å². The molecule has 4 nitrogen and oxygen atoms in total. The second-order valence-electron chi connectivity index (χ2n) is 4.98. The number of hydrogen-bond acceptors (Lipinski definition) is 4. The van der Waals surface area contributed by atoms with Crippen LogP contribution in [0.15, 0.2) is 36.8 Å². The molecule has 0 unspecified atom stereocenters. The summed E-state index contributed by atoms with van der Waals surface area (Å²) in [6, 6.07) is 5.13. The van der Waals surface area contributed by atoms with E-state index >= 15 is 0 Å². The summed E-state index contributed by atoms with van der Waals surface area (Å²) < 4.78 is 19.7. The van der Waals surface area contributed by atoms with E-state index in [0.717, 1.165) is 18.5 Å². The Morgan fingerprint density at radius 2 is 2.19 bits per heavy atom. The minimum Gasteiger partial charge on any atom is -0.372 e. The molecule has 1 saturated heterocycles. The summed E-state index contributed by atoms with van der Waals surface area (Å²) in [5.41, 5.74) is 1.08. The molecule has 0 saturated carbocycles. The Kier molecular flexibility index (Phi) is 4.31. The molecule has 1 fully saturated rings. The molecule has 2 aromatic heterocycles. The third-order valence-electron chi connectivity index (χ3n) is 3.47. The lowest BCUT2D eigenvalue weighted by Crippen LogP contribution is -2.24. The predicted molar refractivity (Wildman–Crippen MR) is 78.8 cm³/mol. The van der Waals surface area contributed by atoms with Gasteiger partial charge in [0.1, 0.15) is 0 Å². The Morgan fingerprint density at radius 1 is 1.38 bits per heavy atom. The average molecular weight is 308 g/mol. The SMILES string of the molecule is Fc1cc(Cl)cnc1N1CC[C@@H](OCc2ccncc2)C1. The Hall–Kier alpha value is -1.72. The number of nitrogens with zero attached hydrogens (tertiary/aromatic N) is 3. The van der Waals surface area contributed by atoms with Gasteiger partial charge >= 0.3 is 0 Å². The van der Waals surface area contributed by atoms with Gasteiger partial charge in [-0.15, -0.1) is 0 Å². The summed E-state index contributed by atoms with van der Waals surface area (Å²) in [6.07, 6.45) is 5.88. The lowest BCUT2D eigenvalue weighted by Gasteiger charge is -2.18. The van der Waals surface area contributed by atoms with Crippen molar-refractivity contribution < 1.29 is 9.13 Å². The summed E-state index contributed by atoms with van der Waals surface area (Å²) in [4.78, 5) is 9.93. The number of pyridine rings is 2. The van der Waals surface area contributed by atoms with Crippen molar-refractivity contribution in [3.05, 3.63) is 53.2 Å². The molecule has 1 aliphatic rings. The van der Waals surface area contributed by atoms with Gasteiger partial charge in [0.2, 0.25) is 0 Å². The molecule has 3 rings (SSSR count). The first kappa shape index (κ1) is 14.2. The highest BCUT2D eigenvalue weighted by Gasteiger charge is 2.26. The minimum atomic E-state index is -0.391. The molecule has 1 aliphatic heterocycles. The van der Waals surface area contributed by atoms with Crippen molar-refractivity contribution in [2.24, 2.45) is 0 Å². The van der Waals surface area contributed by atoms with E-state index in [2.05, 4.69) is 9.97 Å². The van der Waals surface area contributed by atoms with Gasteiger partial charge < -0.3 is 9.64 Å². The molecule has 1 atom stereocenters. The standard InChI is InChI=1S/C15H15ClFN3O/c16-12-7-14(17)15(19-8-12)20-6-3-13(9-20)21-10-11-1-4-18-5-2-11/h1-2,4-5,7-8,13H,3,6,9-10H2/t13-/m1/s1. The van der Waals surface area contributed by atoms with E-state index in [-0.39, 0.29) is 6.10 Å². The van der Waals surface area contributed by atoms with Crippen LogP contribution < -0.4 is 4.90 Å². The molecule has 2 aromatic rings. The Morgan fingerprint density at radius 3 is 2.95 bits per heavy atom. The lowest BCUT2D eigenvalue weighted by atomic mass is 10.3. The van der Waals surface area contributed by atoms with Crippen molar-refractivity contribution in [3.8, 4) is 0 Å². The molecule has 0 radical (unpaired) electrons. The van der Waals surface area contributed by atoms with E-state index in [0.29, 0.717) is 24.0 Å². The molecule has 0 N–H and O–H groups in total. The first-order valence-electron chi connectivity index (χ1n) is 6.79. The number of anilines is 1. The summed E-state index contributed by atoms with van der Waals surface area (Å²) >= 11 is 5.72. The fraction of sp³-hybridized carbons (Fsp3) is 0.333. The highest BCUT2D eigenvalue weighted by molar-refractivity contribution is 6.30. The van der Waals surface area contributed by atoms with Gasteiger partial charge in [-0.3, -0.25) is 4.98 Å². The molecule has 3 heterocycles. The van der Waals surface area contributed by atoms with Gasteiger partial charge in [-0.2, -0.15) is 0 Å². The fourth-order valence-electron chi connectivity index (χ4n) is 2.39. The van der Waals surface area contributed by atoms with Gasteiger partial charge in [0.25, 0.3) is 0 Å². The molecular formula is C15H15ClFN3O. The molecule has 0 spiro atoms. The van der Waals surface area contributed by atoms with Gasteiger partial charge in [0.05, 0.1) is 17.7 Å². The van der Waals surface area contributed by atoms with Crippen LogP contribution in [0.25, 0.3) is 0 Å². The quantitative estimate of drug-likeness (QED) is 0.870. The monoisotopic (exact) mass is 307 g/mol. The van der Waals surface area contributed by atoms with Crippen LogP contribution in [0.5, 0.6) is 0 Å². The zero-order chi connectivity index (χ0) is 14.7. The number of halogens is 2. The maximum Gasteiger partial charge on any atom is 0.167 e. The minimum absolute atomic E-state index is 0.0787. The summed E-state index contributed by atoms with van der Waals surface area (Å²) in [7, 11) is 0. The van der Waals surface area contributed by atoms with Gasteiger partial charge in [-0.05, 0) is 30.2 Å². The normalized spacial score (nSPS) is 18.2. The second-order valence-corrected chi connectivity index (χ2v) is 5.42.